The Hall–Kier alpha value is -2.66. The molecule has 0 saturated carbocycles. The number of benzene rings is 2. The highest BCUT2D eigenvalue weighted by molar-refractivity contribution is 6.04. The third-order valence-corrected chi connectivity index (χ3v) is 3.81. The van der Waals surface area contributed by atoms with E-state index in [-0.39, 0.29) is 11.7 Å². The van der Waals surface area contributed by atoms with Crippen LogP contribution < -0.4 is 16.4 Å². The Morgan fingerprint density at radius 2 is 1.82 bits per heavy atom. The number of rotatable bonds is 3. The van der Waals surface area contributed by atoms with E-state index >= 15 is 0 Å². The molecule has 3 rings (SSSR count). The Kier molecular flexibility index (Phi) is 3.89. The molecular weight excluding hydrogens is 276 g/mol. The summed E-state index contributed by atoms with van der Waals surface area (Å²) in [6.07, 6.45) is 1.00. The molecule has 5 nitrogen and oxygen atoms in total. The van der Waals surface area contributed by atoms with Gasteiger partial charge in [-0.1, -0.05) is 6.07 Å². The summed E-state index contributed by atoms with van der Waals surface area (Å²) in [4.78, 5) is 12.3. The highest BCUT2D eigenvalue weighted by Gasteiger charge is 2.12. The predicted molar refractivity (Wildman–Crippen MR) is 87.3 cm³/mol. The maximum absolute atomic E-state index is 12.3. The molecule has 0 saturated heterocycles. The Bertz CT molecular complexity index is 722. The second kappa shape index (κ2) is 5.99. The number of hydrogen-bond acceptors (Lipinski definition) is 3. The molecule has 0 unspecified atom stereocenters. The Labute approximate surface area is 129 Å². The molecule has 0 radical (unpaired) electrons. The van der Waals surface area contributed by atoms with Gasteiger partial charge in [-0.2, -0.15) is 0 Å². The van der Waals surface area contributed by atoms with Crippen molar-refractivity contribution in [2.24, 2.45) is 5.73 Å². The van der Waals surface area contributed by atoms with Gasteiger partial charge in [0.05, 0.1) is 0 Å². The normalized spacial score (nSPS) is 13.3. The molecule has 1 aliphatic heterocycles. The van der Waals surface area contributed by atoms with Crippen molar-refractivity contribution in [1.29, 1.82) is 5.41 Å². The van der Waals surface area contributed by atoms with Gasteiger partial charge in [-0.05, 0) is 60.5 Å². The van der Waals surface area contributed by atoms with Crippen molar-refractivity contribution in [2.45, 2.75) is 13.0 Å². The van der Waals surface area contributed by atoms with E-state index in [0.29, 0.717) is 16.8 Å². The second-order valence-corrected chi connectivity index (χ2v) is 5.36. The van der Waals surface area contributed by atoms with E-state index in [2.05, 4.69) is 10.6 Å². The van der Waals surface area contributed by atoms with Gasteiger partial charge >= 0.3 is 0 Å². The first-order valence-corrected chi connectivity index (χ1v) is 7.22. The minimum Gasteiger partial charge on any atom is -0.384 e. The lowest BCUT2D eigenvalue weighted by atomic mass is 9.98. The molecule has 0 atom stereocenters. The number of anilines is 1. The summed E-state index contributed by atoms with van der Waals surface area (Å²) in [6.45, 7) is 1.80. The molecule has 5 N–H and O–H groups in total. The smallest absolute Gasteiger partial charge is 0.255 e. The van der Waals surface area contributed by atoms with Gasteiger partial charge in [-0.25, -0.2) is 0 Å². The van der Waals surface area contributed by atoms with Crippen molar-refractivity contribution in [3.63, 3.8) is 0 Å². The number of amidine groups is 1. The number of nitrogen functional groups attached to an aromatic ring is 1. The van der Waals surface area contributed by atoms with Crippen LogP contribution in [0.1, 0.15) is 27.0 Å². The summed E-state index contributed by atoms with van der Waals surface area (Å²) in [5.74, 6) is -0.121. The van der Waals surface area contributed by atoms with E-state index in [1.54, 1.807) is 24.3 Å². The summed E-state index contributed by atoms with van der Waals surface area (Å²) in [6, 6.07) is 12.8. The van der Waals surface area contributed by atoms with Crippen molar-refractivity contribution in [3.05, 3.63) is 64.7 Å². The Morgan fingerprint density at radius 3 is 2.55 bits per heavy atom. The largest absolute Gasteiger partial charge is 0.384 e. The molecule has 1 aliphatic rings. The van der Waals surface area contributed by atoms with Gasteiger partial charge in [0, 0.05) is 23.4 Å². The predicted octanol–water partition coefficient (Wildman–Crippen LogP) is 1.87. The SMILES string of the molecule is N=C(N)c1ccc(NC(=O)c2ccc3c(c2)CNCC3)cc1. The quantitative estimate of drug-likeness (QED) is 0.514. The molecule has 112 valence electrons. The lowest BCUT2D eigenvalue weighted by molar-refractivity contribution is 0.102. The van der Waals surface area contributed by atoms with E-state index in [9.17, 15) is 4.79 Å². The third-order valence-electron chi connectivity index (χ3n) is 3.81. The zero-order chi connectivity index (χ0) is 15.5. The first kappa shape index (κ1) is 14.3. The fraction of sp³-hybridized carbons (Fsp3) is 0.176. The fourth-order valence-electron chi connectivity index (χ4n) is 2.56. The first-order valence-electron chi connectivity index (χ1n) is 7.22. The number of fused-ring (bicyclic) bond motifs is 1. The van der Waals surface area contributed by atoms with Crippen LogP contribution in [0.2, 0.25) is 0 Å². The van der Waals surface area contributed by atoms with Gasteiger partial charge in [0.25, 0.3) is 5.91 Å². The molecule has 0 fully saturated rings. The van der Waals surface area contributed by atoms with Crippen molar-refractivity contribution in [3.8, 4) is 0 Å². The molecule has 1 amide bonds. The fourth-order valence-corrected chi connectivity index (χ4v) is 2.56. The first-order chi connectivity index (χ1) is 10.6. The summed E-state index contributed by atoms with van der Waals surface area (Å²) >= 11 is 0. The van der Waals surface area contributed by atoms with E-state index in [1.807, 2.05) is 18.2 Å². The van der Waals surface area contributed by atoms with Crippen LogP contribution in [0, 0.1) is 5.41 Å². The summed E-state index contributed by atoms with van der Waals surface area (Å²) in [5.41, 5.74) is 9.88. The van der Waals surface area contributed by atoms with Crippen molar-refractivity contribution >= 4 is 17.4 Å². The molecule has 0 aliphatic carbocycles. The average molecular weight is 294 g/mol. The highest BCUT2D eigenvalue weighted by Crippen LogP contribution is 2.17. The number of nitrogens with two attached hydrogens (primary N) is 1. The molecule has 0 spiro atoms. The van der Waals surface area contributed by atoms with Crippen molar-refractivity contribution in [2.75, 3.05) is 11.9 Å². The highest BCUT2D eigenvalue weighted by atomic mass is 16.1. The topological polar surface area (TPSA) is 91.0 Å². The van der Waals surface area contributed by atoms with Crippen LogP contribution in [0.5, 0.6) is 0 Å². The second-order valence-electron chi connectivity index (χ2n) is 5.36. The van der Waals surface area contributed by atoms with Crippen LogP contribution in [0.3, 0.4) is 0 Å². The molecule has 22 heavy (non-hydrogen) atoms. The molecule has 0 bridgehead atoms. The van der Waals surface area contributed by atoms with Crippen molar-refractivity contribution in [1.82, 2.24) is 5.32 Å². The van der Waals surface area contributed by atoms with Crippen molar-refractivity contribution < 1.29 is 4.79 Å². The summed E-state index contributed by atoms with van der Waals surface area (Å²) < 4.78 is 0. The monoisotopic (exact) mass is 294 g/mol. The molecule has 0 aromatic heterocycles. The standard InChI is InChI=1S/C17H18N4O/c18-16(19)12-3-5-15(6-4-12)21-17(22)13-2-1-11-7-8-20-10-14(11)9-13/h1-6,9,20H,7-8,10H2,(H3,18,19)(H,21,22). The number of amides is 1. The molecular formula is C17H18N4O. The van der Waals surface area contributed by atoms with Crippen LogP contribution in [-0.4, -0.2) is 18.3 Å². The van der Waals surface area contributed by atoms with Crippen LogP contribution >= 0.6 is 0 Å². The minimum absolute atomic E-state index is 0.0139. The summed E-state index contributed by atoms with van der Waals surface area (Å²) in [5, 5.41) is 13.5. The zero-order valence-corrected chi connectivity index (χ0v) is 12.1. The Morgan fingerprint density at radius 1 is 1.09 bits per heavy atom. The maximum atomic E-state index is 12.3. The van der Waals surface area contributed by atoms with Gasteiger partial charge in [0.2, 0.25) is 0 Å². The van der Waals surface area contributed by atoms with Gasteiger partial charge in [0.1, 0.15) is 5.84 Å². The molecule has 5 heteroatoms. The maximum Gasteiger partial charge on any atom is 0.255 e. The van der Waals surface area contributed by atoms with E-state index in [1.165, 1.54) is 11.1 Å². The van der Waals surface area contributed by atoms with Crippen LogP contribution in [-0.2, 0) is 13.0 Å². The van der Waals surface area contributed by atoms with Gasteiger partial charge in [0.15, 0.2) is 0 Å². The van der Waals surface area contributed by atoms with E-state index in [4.69, 9.17) is 11.1 Å². The van der Waals surface area contributed by atoms with Gasteiger partial charge in [-0.15, -0.1) is 0 Å². The molecule has 2 aromatic carbocycles. The van der Waals surface area contributed by atoms with Gasteiger partial charge in [-0.3, -0.25) is 10.2 Å². The van der Waals surface area contributed by atoms with Crippen LogP contribution in [0.25, 0.3) is 0 Å². The number of nitrogens with one attached hydrogen (secondary N) is 3. The van der Waals surface area contributed by atoms with Crippen LogP contribution in [0.4, 0.5) is 5.69 Å². The van der Waals surface area contributed by atoms with E-state index in [0.717, 1.165) is 19.5 Å². The third kappa shape index (κ3) is 2.99. The van der Waals surface area contributed by atoms with Crippen LogP contribution in [0.15, 0.2) is 42.5 Å². The lowest BCUT2D eigenvalue weighted by Crippen LogP contribution is -2.24. The zero-order valence-electron chi connectivity index (χ0n) is 12.1. The van der Waals surface area contributed by atoms with E-state index < -0.39 is 0 Å². The molecule has 2 aromatic rings. The van der Waals surface area contributed by atoms with Gasteiger partial charge < -0.3 is 16.4 Å². The Balaban J connectivity index is 1.75. The summed E-state index contributed by atoms with van der Waals surface area (Å²) in [7, 11) is 0. The lowest BCUT2D eigenvalue weighted by Gasteiger charge is -2.17. The average Bonchev–Trinajstić information content (AvgIpc) is 2.55. The number of carbonyl (C=O) groups excluding carboxylic acids is 1. The number of hydrogen-bond donors (Lipinski definition) is 4. The minimum atomic E-state index is -0.135. The number of carbonyl (C=O) groups is 1. The molecule has 1 heterocycles.